The molecule has 2 heterocycles. The molecule has 2 rings (SSSR count). The van der Waals surface area contributed by atoms with Gasteiger partial charge >= 0.3 is 6.09 Å². The lowest BCUT2D eigenvalue weighted by atomic mass is 9.91. The molecule has 0 radical (unpaired) electrons. The Kier molecular flexibility index (Phi) is 7.28. The SMILES string of the molecule is Cc1[nH]c(C(=O)N[C@@H]2CCN(C(=O)OC(C)(C)C)C[C@@H]2CN(C)C)c(Cl)c1Cl. The minimum absolute atomic E-state index is 0.0607. The third-order valence-electron chi connectivity index (χ3n) is 4.58. The standard InChI is InChI=1S/C19H30Cl2N4O3/c1-11-14(20)15(21)16(22-11)17(26)23-13-7-8-25(10-12(13)9-24(5)6)18(27)28-19(2,3)4/h12-13,22H,7-10H2,1-6H3,(H,23,26)/t12-,13+/m0/s1. The number of H-pyrrole nitrogens is 1. The van der Waals surface area contributed by atoms with E-state index in [-0.39, 0.29) is 34.7 Å². The molecular formula is C19H30Cl2N4O3. The molecule has 1 fully saturated rings. The van der Waals surface area contributed by atoms with Crippen LogP contribution in [-0.4, -0.2) is 72.2 Å². The molecule has 2 N–H and O–H groups in total. The van der Waals surface area contributed by atoms with E-state index in [1.807, 2.05) is 39.8 Å². The summed E-state index contributed by atoms with van der Waals surface area (Å²) in [5.74, 6) is -0.231. The van der Waals surface area contributed by atoms with Crippen molar-refractivity contribution in [1.29, 1.82) is 0 Å². The zero-order valence-corrected chi connectivity index (χ0v) is 18.9. The number of hydrogen-bond acceptors (Lipinski definition) is 4. The minimum Gasteiger partial charge on any atom is -0.444 e. The fourth-order valence-corrected chi connectivity index (χ4v) is 3.75. The van der Waals surface area contributed by atoms with Crippen molar-refractivity contribution >= 4 is 35.2 Å². The molecule has 2 atom stereocenters. The van der Waals surface area contributed by atoms with Crippen LogP contribution in [0.25, 0.3) is 0 Å². The number of aryl methyl sites for hydroxylation is 1. The van der Waals surface area contributed by atoms with E-state index in [2.05, 4.69) is 10.3 Å². The number of likely N-dealkylation sites (tertiary alicyclic amines) is 1. The first-order chi connectivity index (χ1) is 12.9. The van der Waals surface area contributed by atoms with Crippen LogP contribution in [0.3, 0.4) is 0 Å². The number of ether oxygens (including phenoxy) is 1. The van der Waals surface area contributed by atoms with E-state index in [9.17, 15) is 9.59 Å². The summed E-state index contributed by atoms with van der Waals surface area (Å²) in [7, 11) is 3.94. The van der Waals surface area contributed by atoms with Crippen LogP contribution in [0.5, 0.6) is 0 Å². The van der Waals surface area contributed by atoms with E-state index in [1.165, 1.54) is 0 Å². The molecule has 158 valence electrons. The van der Waals surface area contributed by atoms with Gasteiger partial charge in [0, 0.05) is 37.3 Å². The molecule has 0 bridgehead atoms. The lowest BCUT2D eigenvalue weighted by molar-refractivity contribution is 0.0116. The number of nitrogens with zero attached hydrogens (tertiary/aromatic N) is 2. The highest BCUT2D eigenvalue weighted by molar-refractivity contribution is 6.44. The molecule has 9 heteroatoms. The van der Waals surface area contributed by atoms with Crippen LogP contribution in [0, 0.1) is 12.8 Å². The van der Waals surface area contributed by atoms with Gasteiger partial charge in [-0.05, 0) is 48.2 Å². The van der Waals surface area contributed by atoms with E-state index in [1.54, 1.807) is 11.8 Å². The first kappa shape index (κ1) is 22.8. The Labute approximate surface area is 176 Å². The molecule has 2 amide bonds. The normalized spacial score (nSPS) is 20.4. The number of piperidine rings is 1. The van der Waals surface area contributed by atoms with Gasteiger partial charge in [0.1, 0.15) is 11.3 Å². The summed E-state index contributed by atoms with van der Waals surface area (Å²) in [6.07, 6.45) is 0.310. The van der Waals surface area contributed by atoms with Crippen LogP contribution in [-0.2, 0) is 4.74 Å². The number of nitrogens with one attached hydrogen (secondary N) is 2. The summed E-state index contributed by atoms with van der Waals surface area (Å²) in [6.45, 7) is 9.06. The van der Waals surface area contributed by atoms with Crippen molar-refractivity contribution in [3.05, 3.63) is 21.4 Å². The number of aromatic nitrogens is 1. The average molecular weight is 433 g/mol. The van der Waals surface area contributed by atoms with Crippen molar-refractivity contribution < 1.29 is 14.3 Å². The molecule has 1 aliphatic heterocycles. The summed E-state index contributed by atoms with van der Waals surface area (Å²) in [6, 6.07) is -0.0907. The molecule has 1 aromatic rings. The second kappa shape index (κ2) is 8.93. The molecule has 0 aliphatic carbocycles. The van der Waals surface area contributed by atoms with Crippen LogP contribution in [0.15, 0.2) is 0 Å². The van der Waals surface area contributed by atoms with Crippen molar-refractivity contribution in [2.45, 2.75) is 45.8 Å². The van der Waals surface area contributed by atoms with Crippen molar-refractivity contribution in [1.82, 2.24) is 20.1 Å². The van der Waals surface area contributed by atoms with Crippen molar-refractivity contribution in [2.24, 2.45) is 5.92 Å². The Morgan fingerprint density at radius 3 is 2.43 bits per heavy atom. The number of rotatable bonds is 4. The van der Waals surface area contributed by atoms with Crippen molar-refractivity contribution in [3.63, 3.8) is 0 Å². The minimum atomic E-state index is -0.541. The maximum Gasteiger partial charge on any atom is 0.410 e. The maximum absolute atomic E-state index is 12.7. The van der Waals surface area contributed by atoms with Gasteiger partial charge in [0.2, 0.25) is 0 Å². The van der Waals surface area contributed by atoms with Crippen LogP contribution in [0.1, 0.15) is 43.4 Å². The second-order valence-electron chi connectivity index (χ2n) is 8.57. The van der Waals surface area contributed by atoms with Crippen molar-refractivity contribution in [3.8, 4) is 0 Å². The molecule has 1 aromatic heterocycles. The summed E-state index contributed by atoms with van der Waals surface area (Å²) in [5.41, 5.74) is 0.379. The maximum atomic E-state index is 12.7. The van der Waals surface area contributed by atoms with Gasteiger partial charge in [0.25, 0.3) is 5.91 Å². The Bertz CT molecular complexity index is 727. The zero-order chi connectivity index (χ0) is 21.2. The molecule has 28 heavy (non-hydrogen) atoms. The quantitative estimate of drug-likeness (QED) is 0.762. The van der Waals surface area contributed by atoms with Gasteiger partial charge in [-0.1, -0.05) is 23.2 Å². The number of amides is 2. The van der Waals surface area contributed by atoms with E-state index >= 15 is 0 Å². The second-order valence-corrected chi connectivity index (χ2v) is 9.33. The molecule has 1 aliphatic rings. The van der Waals surface area contributed by atoms with Gasteiger partial charge in [0.15, 0.2) is 0 Å². The van der Waals surface area contributed by atoms with E-state index in [0.29, 0.717) is 30.2 Å². The lowest BCUT2D eigenvalue weighted by Gasteiger charge is -2.40. The molecule has 1 saturated heterocycles. The van der Waals surface area contributed by atoms with E-state index in [4.69, 9.17) is 27.9 Å². The van der Waals surface area contributed by atoms with Crippen LogP contribution in [0.4, 0.5) is 4.79 Å². The number of carbonyl (C=O) groups excluding carboxylic acids is 2. The number of aromatic amines is 1. The Morgan fingerprint density at radius 1 is 1.29 bits per heavy atom. The topological polar surface area (TPSA) is 77.7 Å². The van der Waals surface area contributed by atoms with E-state index < -0.39 is 5.60 Å². The first-order valence-electron chi connectivity index (χ1n) is 9.36. The average Bonchev–Trinajstić information content (AvgIpc) is 2.82. The van der Waals surface area contributed by atoms with Crippen LogP contribution < -0.4 is 5.32 Å². The smallest absolute Gasteiger partial charge is 0.410 e. The van der Waals surface area contributed by atoms with E-state index in [0.717, 1.165) is 6.54 Å². The Hall–Kier alpha value is -1.44. The first-order valence-corrected chi connectivity index (χ1v) is 10.1. The molecule has 7 nitrogen and oxygen atoms in total. The highest BCUT2D eigenvalue weighted by Crippen LogP contribution is 2.29. The third kappa shape index (κ3) is 5.78. The summed E-state index contributed by atoms with van der Waals surface area (Å²) < 4.78 is 5.50. The summed E-state index contributed by atoms with van der Waals surface area (Å²) in [4.78, 5) is 31.9. The molecule has 0 unspecified atom stereocenters. The van der Waals surface area contributed by atoms with Gasteiger partial charge in [-0.15, -0.1) is 0 Å². The summed E-state index contributed by atoms with van der Waals surface area (Å²) >= 11 is 12.3. The van der Waals surface area contributed by atoms with Gasteiger partial charge < -0.3 is 24.8 Å². The predicted octanol–water partition coefficient (Wildman–Crippen LogP) is 3.55. The van der Waals surface area contributed by atoms with Crippen LogP contribution in [0.2, 0.25) is 10.0 Å². The highest BCUT2D eigenvalue weighted by Gasteiger charge is 2.35. The Morgan fingerprint density at radius 2 is 1.93 bits per heavy atom. The number of hydrogen-bond donors (Lipinski definition) is 2. The van der Waals surface area contributed by atoms with Crippen LogP contribution >= 0.6 is 23.2 Å². The fraction of sp³-hybridized carbons (Fsp3) is 0.684. The van der Waals surface area contributed by atoms with Crippen molar-refractivity contribution in [2.75, 3.05) is 33.7 Å². The monoisotopic (exact) mass is 432 g/mol. The van der Waals surface area contributed by atoms with Gasteiger partial charge in [-0.25, -0.2) is 4.79 Å². The molecule has 0 aromatic carbocycles. The Balaban J connectivity index is 2.10. The molecule has 0 spiro atoms. The van der Waals surface area contributed by atoms with Gasteiger partial charge in [-0.3, -0.25) is 4.79 Å². The van der Waals surface area contributed by atoms with Gasteiger partial charge in [0.05, 0.1) is 10.0 Å². The lowest BCUT2D eigenvalue weighted by Crippen LogP contribution is -2.55. The highest BCUT2D eigenvalue weighted by atomic mass is 35.5. The third-order valence-corrected chi connectivity index (χ3v) is 5.53. The van der Waals surface area contributed by atoms with Gasteiger partial charge in [-0.2, -0.15) is 0 Å². The number of carbonyl (C=O) groups is 2. The molecule has 0 saturated carbocycles. The number of halogens is 2. The molecular weight excluding hydrogens is 403 g/mol. The zero-order valence-electron chi connectivity index (χ0n) is 17.4. The predicted molar refractivity (Wildman–Crippen MR) is 111 cm³/mol. The largest absolute Gasteiger partial charge is 0.444 e. The fourth-order valence-electron chi connectivity index (χ4n) is 3.34. The summed E-state index contributed by atoms with van der Waals surface area (Å²) in [5, 5.41) is 3.65.